The minimum Gasteiger partial charge on any atom is -0.490 e. The lowest BCUT2D eigenvalue weighted by Crippen LogP contribution is -2.33. The van der Waals surface area contributed by atoms with Crippen LogP contribution in [0.1, 0.15) is 167 Å². The Bertz CT molecular complexity index is 2140. The van der Waals surface area contributed by atoms with Gasteiger partial charge in [-0.25, -0.2) is 0 Å². The fourth-order valence-corrected chi connectivity index (χ4v) is 10.8. The molecule has 3 aliphatic carbocycles. The molecule has 3 saturated carbocycles. The molecule has 4 aromatic rings. The third-order valence-corrected chi connectivity index (χ3v) is 15.0. The van der Waals surface area contributed by atoms with Crippen LogP contribution in [-0.4, -0.2) is 58.6 Å². The highest BCUT2D eigenvalue weighted by Gasteiger charge is 2.32. The van der Waals surface area contributed by atoms with E-state index in [1.54, 1.807) is 0 Å². The fraction of sp³-hybridized carbons (Fsp3) is 0.596. The second kappa shape index (κ2) is 23.3. The second-order valence-electron chi connectivity index (χ2n) is 22.1. The summed E-state index contributed by atoms with van der Waals surface area (Å²) in [6.45, 7) is 17.0. The molecule has 4 fully saturated rings. The van der Waals surface area contributed by atoms with Crippen LogP contribution < -0.4 is 9.47 Å². The molecule has 8 nitrogen and oxygen atoms in total. The summed E-state index contributed by atoms with van der Waals surface area (Å²) in [6, 6.07) is 25.1. The topological polar surface area (TPSA) is 113 Å². The Labute approximate surface area is 389 Å². The van der Waals surface area contributed by atoms with Crippen LogP contribution in [0.4, 0.5) is 0 Å². The van der Waals surface area contributed by atoms with Gasteiger partial charge >= 0.3 is 11.9 Å². The zero-order valence-electron chi connectivity index (χ0n) is 40.5. The van der Waals surface area contributed by atoms with E-state index in [1.165, 1.54) is 61.3 Å². The number of hydrogen-bond donors (Lipinski definition) is 2. The third kappa shape index (κ3) is 15.9. The largest absolute Gasteiger partial charge is 0.490 e. The average Bonchev–Trinajstić information content (AvgIpc) is 3.27. The van der Waals surface area contributed by atoms with Crippen LogP contribution in [0.3, 0.4) is 0 Å². The number of ether oxygens (including phenoxy) is 2. The Morgan fingerprint density at radius 1 is 0.554 bits per heavy atom. The van der Waals surface area contributed by atoms with Gasteiger partial charge < -0.3 is 19.7 Å². The van der Waals surface area contributed by atoms with Crippen molar-refractivity contribution in [1.29, 1.82) is 0 Å². The molecule has 0 atom stereocenters. The molecule has 1 saturated heterocycles. The van der Waals surface area contributed by atoms with E-state index in [0.717, 1.165) is 111 Å². The lowest BCUT2D eigenvalue weighted by molar-refractivity contribution is -0.139. The summed E-state index contributed by atoms with van der Waals surface area (Å²) < 4.78 is 12.6. The minimum atomic E-state index is -0.668. The van der Waals surface area contributed by atoms with Crippen molar-refractivity contribution in [2.24, 2.45) is 34.5 Å². The van der Waals surface area contributed by atoms with E-state index >= 15 is 0 Å². The zero-order valence-corrected chi connectivity index (χ0v) is 40.5. The van der Waals surface area contributed by atoms with Gasteiger partial charge in [-0.2, -0.15) is 0 Å². The summed E-state index contributed by atoms with van der Waals surface area (Å²) in [6.07, 6.45) is 19.9. The van der Waals surface area contributed by atoms with E-state index in [1.807, 2.05) is 30.3 Å². The molecule has 0 amide bonds. The predicted octanol–water partition coefficient (Wildman–Crippen LogP) is 14.2. The van der Waals surface area contributed by atoms with Crippen LogP contribution in [0.25, 0.3) is 21.5 Å². The maximum atomic E-state index is 10.9. The van der Waals surface area contributed by atoms with E-state index in [-0.39, 0.29) is 0 Å². The highest BCUT2D eigenvalue weighted by atomic mass is 16.5. The SMILES string of the molecule is CC(C)(C)C1CCC(Oc2ccc3cc(C=O)ccc3c2)CC1.CC(C)(C)C1CCC(Oc2ccc3cc(CN4CCC(CC(=O)O)CC4)ccc3c2)CC1.O=C(O)CC1CCCCC1. The number of aldehydes is 1. The number of rotatable bonds is 11. The van der Waals surface area contributed by atoms with E-state index in [4.69, 9.17) is 19.7 Å². The molecule has 8 rings (SSSR count). The number of carboxylic acids is 2. The van der Waals surface area contributed by atoms with Gasteiger partial charge in [-0.05, 0) is 188 Å². The normalized spacial score (nSPS) is 22.5. The van der Waals surface area contributed by atoms with Crippen LogP contribution in [0.5, 0.6) is 11.5 Å². The number of benzene rings is 4. The van der Waals surface area contributed by atoms with E-state index < -0.39 is 11.9 Å². The number of carboxylic acid groups (broad SMARTS) is 2. The maximum absolute atomic E-state index is 10.9. The van der Waals surface area contributed by atoms with Crippen LogP contribution in [-0.2, 0) is 16.1 Å². The van der Waals surface area contributed by atoms with Crippen LogP contribution in [0, 0.1) is 34.5 Å². The van der Waals surface area contributed by atoms with Crippen molar-refractivity contribution in [1.82, 2.24) is 4.90 Å². The first-order chi connectivity index (χ1) is 31.0. The summed E-state index contributed by atoms with van der Waals surface area (Å²) in [5.41, 5.74) is 2.85. The monoisotopic (exact) mass is 890 g/mol. The number of nitrogens with zero attached hydrogens (tertiary/aromatic N) is 1. The quantitative estimate of drug-likeness (QED) is 0.143. The molecule has 4 aliphatic rings. The van der Waals surface area contributed by atoms with Gasteiger partial charge in [0.05, 0.1) is 12.2 Å². The van der Waals surface area contributed by atoms with Crippen LogP contribution in [0.15, 0.2) is 72.8 Å². The van der Waals surface area contributed by atoms with Gasteiger partial charge in [-0.1, -0.05) is 97.2 Å². The van der Waals surface area contributed by atoms with Crippen molar-refractivity contribution in [2.45, 2.75) is 169 Å². The number of piperidine rings is 1. The number of hydrogen-bond acceptors (Lipinski definition) is 6. The molecule has 4 aromatic carbocycles. The van der Waals surface area contributed by atoms with Crippen LogP contribution in [0.2, 0.25) is 0 Å². The Morgan fingerprint density at radius 3 is 1.45 bits per heavy atom. The molecule has 1 aliphatic heterocycles. The second-order valence-corrected chi connectivity index (χ2v) is 22.1. The summed E-state index contributed by atoms with van der Waals surface area (Å²) in [7, 11) is 0. The van der Waals surface area contributed by atoms with Gasteiger partial charge in [0, 0.05) is 24.9 Å². The molecule has 0 spiro atoms. The molecule has 1 heterocycles. The molecule has 0 bridgehead atoms. The standard InChI is InChI=1S/C28H39NO3.C21H26O2.C8H14O2/c1-28(2,3)24-7-10-25(11-8-24)32-26-9-6-22-16-21(4-5-23(22)18-26)19-29-14-12-20(13-15-29)17-27(30)31;1-21(2,3)18-7-10-19(11-8-18)23-20-9-6-16-12-15(14-22)4-5-17(16)13-20;9-8(10)6-7-4-2-1-3-5-7/h4-6,9,16,18,20,24-25H,7-8,10-15,17,19H2,1-3H3,(H,30,31);4-6,9,12-14,18-19H,7-8,10-11H2,1-3H3;7H,1-6H2,(H,9,10). The number of fused-ring (bicyclic) bond motifs is 2. The molecule has 65 heavy (non-hydrogen) atoms. The number of aliphatic carboxylic acids is 2. The third-order valence-electron chi connectivity index (χ3n) is 15.0. The van der Waals surface area contributed by atoms with Crippen molar-refractivity contribution in [3.8, 4) is 11.5 Å². The molecular weight excluding hydrogens is 811 g/mol. The Balaban J connectivity index is 0.000000184. The molecule has 0 radical (unpaired) electrons. The van der Waals surface area contributed by atoms with E-state index in [9.17, 15) is 14.4 Å². The lowest BCUT2D eigenvalue weighted by atomic mass is 9.72. The number of carbonyl (C=O) groups is 3. The van der Waals surface area contributed by atoms with Gasteiger partial charge in [-0.15, -0.1) is 0 Å². The maximum Gasteiger partial charge on any atom is 0.303 e. The summed E-state index contributed by atoms with van der Waals surface area (Å²) >= 11 is 0. The number of carbonyl (C=O) groups excluding carboxylic acids is 1. The summed E-state index contributed by atoms with van der Waals surface area (Å²) in [4.78, 5) is 34.5. The predicted molar refractivity (Wildman–Crippen MR) is 264 cm³/mol. The first kappa shape index (κ1) is 50.0. The molecule has 0 aromatic heterocycles. The minimum absolute atomic E-state index is 0.312. The van der Waals surface area contributed by atoms with Crippen molar-refractivity contribution in [2.75, 3.05) is 13.1 Å². The first-order valence-corrected chi connectivity index (χ1v) is 25.0. The molecule has 354 valence electrons. The molecule has 2 N–H and O–H groups in total. The molecule has 8 heteroatoms. The average molecular weight is 890 g/mol. The van der Waals surface area contributed by atoms with Crippen molar-refractivity contribution < 1.29 is 34.1 Å². The number of likely N-dealkylation sites (tertiary alicyclic amines) is 1. The lowest BCUT2D eigenvalue weighted by Gasteiger charge is -2.37. The highest BCUT2D eigenvalue weighted by molar-refractivity contribution is 5.89. The molecular formula is C57H79NO7. The summed E-state index contributed by atoms with van der Waals surface area (Å²) in [5.74, 6) is 3.06. The van der Waals surface area contributed by atoms with Crippen molar-refractivity contribution in [3.05, 3.63) is 83.9 Å². The van der Waals surface area contributed by atoms with Crippen molar-refractivity contribution >= 4 is 39.8 Å². The first-order valence-electron chi connectivity index (χ1n) is 25.0. The Hall–Kier alpha value is -4.43. The van der Waals surface area contributed by atoms with Gasteiger partial charge in [0.25, 0.3) is 0 Å². The molecule has 0 unspecified atom stereocenters. The van der Waals surface area contributed by atoms with Gasteiger partial charge in [-0.3, -0.25) is 19.3 Å². The van der Waals surface area contributed by atoms with Gasteiger partial charge in [0.1, 0.15) is 17.8 Å². The van der Waals surface area contributed by atoms with E-state index in [2.05, 4.69) is 88.9 Å². The Morgan fingerprint density at radius 2 is 0.985 bits per heavy atom. The van der Waals surface area contributed by atoms with Crippen molar-refractivity contribution in [3.63, 3.8) is 0 Å². The van der Waals surface area contributed by atoms with E-state index in [0.29, 0.717) is 53.3 Å². The van der Waals surface area contributed by atoms with Gasteiger partial charge in [0.2, 0.25) is 0 Å². The fourth-order valence-electron chi connectivity index (χ4n) is 10.8. The zero-order chi connectivity index (χ0) is 46.6. The Kier molecular flexibility index (Phi) is 18.0. The smallest absolute Gasteiger partial charge is 0.303 e. The van der Waals surface area contributed by atoms with Crippen LogP contribution >= 0.6 is 0 Å². The highest BCUT2D eigenvalue weighted by Crippen LogP contribution is 2.40. The summed E-state index contributed by atoms with van der Waals surface area (Å²) in [5, 5.41) is 22.2. The van der Waals surface area contributed by atoms with Gasteiger partial charge in [0.15, 0.2) is 0 Å².